The molecule has 2 heterocycles. The number of ether oxygens (including phenoxy) is 1. The molecule has 0 bridgehead atoms. The molecule has 1 aromatic rings. The average Bonchev–Trinajstić information content (AvgIpc) is 2.79. The lowest BCUT2D eigenvalue weighted by Gasteiger charge is -2.31. The van der Waals surface area contributed by atoms with E-state index in [9.17, 15) is 4.79 Å². The number of halogens is 1. The van der Waals surface area contributed by atoms with E-state index in [-0.39, 0.29) is 22.9 Å². The highest BCUT2D eigenvalue weighted by Gasteiger charge is 2.32. The molecule has 1 aliphatic heterocycles. The SMILES string of the molecule is Br.CCc1c(C)[nH]c2c1C(=O)C(CN1CCOCC1)CC2. The smallest absolute Gasteiger partial charge is 0.169 e. The molecule has 0 radical (unpaired) electrons. The number of rotatable bonds is 3. The number of H-pyrrole nitrogens is 1. The van der Waals surface area contributed by atoms with Gasteiger partial charge in [-0.05, 0) is 31.7 Å². The maximum Gasteiger partial charge on any atom is 0.169 e. The van der Waals surface area contributed by atoms with Gasteiger partial charge in [0, 0.05) is 42.5 Å². The molecule has 5 heteroatoms. The number of ketones is 1. The molecule has 1 N–H and O–H groups in total. The van der Waals surface area contributed by atoms with E-state index >= 15 is 0 Å². The summed E-state index contributed by atoms with van der Waals surface area (Å²) in [5.41, 5.74) is 4.59. The van der Waals surface area contributed by atoms with Crippen LogP contribution >= 0.6 is 17.0 Å². The van der Waals surface area contributed by atoms with Crippen LogP contribution in [-0.2, 0) is 17.6 Å². The van der Waals surface area contributed by atoms with Gasteiger partial charge in [0.25, 0.3) is 0 Å². The van der Waals surface area contributed by atoms with Crippen molar-refractivity contribution >= 4 is 22.8 Å². The minimum absolute atomic E-state index is 0. The van der Waals surface area contributed by atoms with Crippen LogP contribution in [0, 0.1) is 12.8 Å². The van der Waals surface area contributed by atoms with Crippen molar-refractivity contribution in [2.45, 2.75) is 33.1 Å². The highest BCUT2D eigenvalue weighted by molar-refractivity contribution is 8.93. The Bertz CT molecular complexity index is 507. The van der Waals surface area contributed by atoms with Gasteiger partial charge in [0.05, 0.1) is 13.2 Å². The van der Waals surface area contributed by atoms with Gasteiger partial charge < -0.3 is 9.72 Å². The first-order chi connectivity index (χ1) is 9.70. The number of nitrogens with zero attached hydrogens (tertiary/aromatic N) is 1. The summed E-state index contributed by atoms with van der Waals surface area (Å²) in [5, 5.41) is 0. The Morgan fingerprint density at radius 3 is 2.71 bits per heavy atom. The molecule has 3 rings (SSSR count). The zero-order chi connectivity index (χ0) is 14.1. The maximum atomic E-state index is 12.8. The number of fused-ring (bicyclic) bond motifs is 1. The van der Waals surface area contributed by atoms with Gasteiger partial charge in [0.15, 0.2) is 5.78 Å². The van der Waals surface area contributed by atoms with Crippen LogP contribution in [0.2, 0.25) is 0 Å². The topological polar surface area (TPSA) is 45.3 Å². The number of aromatic nitrogens is 1. The second-order valence-electron chi connectivity index (χ2n) is 5.95. The van der Waals surface area contributed by atoms with Crippen molar-refractivity contribution in [3.05, 3.63) is 22.5 Å². The fourth-order valence-electron chi connectivity index (χ4n) is 3.58. The van der Waals surface area contributed by atoms with Gasteiger partial charge in [-0.1, -0.05) is 6.92 Å². The van der Waals surface area contributed by atoms with E-state index < -0.39 is 0 Å². The molecule has 1 fully saturated rings. The molecule has 1 saturated heterocycles. The van der Waals surface area contributed by atoms with Gasteiger partial charge >= 0.3 is 0 Å². The third-order valence-corrected chi connectivity index (χ3v) is 4.69. The number of hydrogen-bond donors (Lipinski definition) is 1. The van der Waals surface area contributed by atoms with E-state index in [1.165, 1.54) is 17.0 Å². The zero-order valence-electron chi connectivity index (χ0n) is 12.9. The van der Waals surface area contributed by atoms with Crippen LogP contribution in [-0.4, -0.2) is 48.5 Å². The molecule has 0 amide bonds. The number of morpholine rings is 1. The van der Waals surface area contributed by atoms with E-state index in [2.05, 4.69) is 23.7 Å². The van der Waals surface area contributed by atoms with Crippen LogP contribution < -0.4 is 0 Å². The highest BCUT2D eigenvalue weighted by atomic mass is 79.9. The maximum absolute atomic E-state index is 12.8. The highest BCUT2D eigenvalue weighted by Crippen LogP contribution is 2.30. The van der Waals surface area contributed by atoms with Crippen LogP contribution in [0.4, 0.5) is 0 Å². The Labute approximate surface area is 137 Å². The fourth-order valence-corrected chi connectivity index (χ4v) is 3.58. The molecule has 118 valence electrons. The predicted molar refractivity (Wildman–Crippen MR) is 88.6 cm³/mol. The molecule has 1 aromatic heterocycles. The standard InChI is InChI=1S/C16H24N2O2.BrH/c1-3-13-11(2)17-14-5-4-12(16(19)15(13)14)10-18-6-8-20-9-7-18;/h12,17H,3-10H2,1-2H3;1H. The Morgan fingerprint density at radius 1 is 1.33 bits per heavy atom. The van der Waals surface area contributed by atoms with Gasteiger partial charge in [-0.3, -0.25) is 9.69 Å². The lowest BCUT2D eigenvalue weighted by molar-refractivity contribution is 0.0291. The first-order valence-electron chi connectivity index (χ1n) is 7.75. The molecule has 0 saturated carbocycles. The van der Waals surface area contributed by atoms with E-state index in [0.29, 0.717) is 5.78 Å². The summed E-state index contributed by atoms with van der Waals surface area (Å²) in [6.45, 7) is 8.64. The molecule has 21 heavy (non-hydrogen) atoms. The van der Waals surface area contributed by atoms with Crippen LogP contribution in [0.5, 0.6) is 0 Å². The molecular weight excluding hydrogens is 332 g/mol. The number of Topliss-reactive ketones (excluding diaryl/α,β-unsaturated/α-hetero) is 1. The van der Waals surface area contributed by atoms with Gasteiger partial charge in [-0.25, -0.2) is 0 Å². The van der Waals surface area contributed by atoms with E-state index in [4.69, 9.17) is 4.74 Å². The molecule has 2 aliphatic rings. The normalized spacial score (nSPS) is 22.8. The third-order valence-electron chi connectivity index (χ3n) is 4.69. The Morgan fingerprint density at radius 2 is 2.05 bits per heavy atom. The fraction of sp³-hybridized carbons (Fsp3) is 0.688. The number of nitrogens with one attached hydrogen (secondary N) is 1. The summed E-state index contributed by atoms with van der Waals surface area (Å²) < 4.78 is 5.38. The number of carbonyl (C=O) groups is 1. The summed E-state index contributed by atoms with van der Waals surface area (Å²) in [7, 11) is 0. The predicted octanol–water partition coefficient (Wildman–Crippen LogP) is 2.54. The van der Waals surface area contributed by atoms with E-state index in [1.807, 2.05) is 0 Å². The van der Waals surface area contributed by atoms with Crippen LogP contribution in [0.3, 0.4) is 0 Å². The monoisotopic (exact) mass is 356 g/mol. The largest absolute Gasteiger partial charge is 0.379 e. The Kier molecular flexibility index (Phi) is 5.63. The minimum Gasteiger partial charge on any atom is -0.379 e. The summed E-state index contributed by atoms with van der Waals surface area (Å²) in [6.07, 6.45) is 2.93. The van der Waals surface area contributed by atoms with Crippen LogP contribution in [0.1, 0.15) is 40.7 Å². The third kappa shape index (κ3) is 3.25. The van der Waals surface area contributed by atoms with Crippen molar-refractivity contribution < 1.29 is 9.53 Å². The number of aromatic amines is 1. The molecule has 4 nitrogen and oxygen atoms in total. The summed E-state index contributed by atoms with van der Waals surface area (Å²) in [6, 6.07) is 0. The van der Waals surface area contributed by atoms with Crippen molar-refractivity contribution in [1.82, 2.24) is 9.88 Å². The molecular formula is C16H25BrN2O2. The summed E-state index contributed by atoms with van der Waals surface area (Å²) in [4.78, 5) is 18.6. The van der Waals surface area contributed by atoms with Crippen molar-refractivity contribution in [2.24, 2.45) is 5.92 Å². The van der Waals surface area contributed by atoms with Crippen LogP contribution in [0.15, 0.2) is 0 Å². The minimum atomic E-state index is 0. The summed E-state index contributed by atoms with van der Waals surface area (Å²) >= 11 is 0. The van der Waals surface area contributed by atoms with Gasteiger partial charge in [0.2, 0.25) is 0 Å². The molecule has 1 unspecified atom stereocenters. The summed E-state index contributed by atoms with van der Waals surface area (Å²) in [5.74, 6) is 0.528. The van der Waals surface area contributed by atoms with E-state index in [0.717, 1.165) is 57.7 Å². The van der Waals surface area contributed by atoms with E-state index in [1.54, 1.807) is 0 Å². The van der Waals surface area contributed by atoms with Gasteiger partial charge in [-0.15, -0.1) is 17.0 Å². The molecule has 0 aromatic carbocycles. The number of aryl methyl sites for hydroxylation is 2. The van der Waals surface area contributed by atoms with Crippen molar-refractivity contribution in [3.8, 4) is 0 Å². The average molecular weight is 357 g/mol. The Balaban J connectivity index is 0.00000161. The van der Waals surface area contributed by atoms with Gasteiger partial charge in [0.1, 0.15) is 0 Å². The first-order valence-corrected chi connectivity index (χ1v) is 7.75. The van der Waals surface area contributed by atoms with Gasteiger partial charge in [-0.2, -0.15) is 0 Å². The van der Waals surface area contributed by atoms with Crippen LogP contribution in [0.25, 0.3) is 0 Å². The first kappa shape index (κ1) is 16.7. The quantitative estimate of drug-likeness (QED) is 0.904. The zero-order valence-corrected chi connectivity index (χ0v) is 14.6. The Hall–Kier alpha value is -0.650. The van der Waals surface area contributed by atoms with Crippen molar-refractivity contribution in [3.63, 3.8) is 0 Å². The lowest BCUT2D eigenvalue weighted by Crippen LogP contribution is -2.42. The number of hydrogen-bond acceptors (Lipinski definition) is 3. The van der Waals surface area contributed by atoms with Crippen molar-refractivity contribution in [1.29, 1.82) is 0 Å². The molecule has 1 atom stereocenters. The number of carbonyl (C=O) groups excluding carboxylic acids is 1. The molecule has 0 spiro atoms. The second kappa shape index (κ2) is 7.07. The molecule has 1 aliphatic carbocycles. The van der Waals surface area contributed by atoms with Crippen molar-refractivity contribution in [2.75, 3.05) is 32.8 Å². The lowest BCUT2D eigenvalue weighted by atomic mass is 9.83. The second-order valence-corrected chi connectivity index (χ2v) is 5.95.